The van der Waals surface area contributed by atoms with Gasteiger partial charge >= 0.3 is 0 Å². The zero-order valence-electron chi connectivity index (χ0n) is 9.41. The maximum atomic E-state index is 11.7. The van der Waals surface area contributed by atoms with Crippen LogP contribution in [0.5, 0.6) is 0 Å². The van der Waals surface area contributed by atoms with Crippen molar-refractivity contribution in [2.75, 3.05) is 0 Å². The van der Waals surface area contributed by atoms with Crippen LogP contribution in [0.25, 0.3) is 0 Å². The SMILES string of the molecule is O=C(NC1CCc2ccccc2C1)C1CC1. The number of hydrogen-bond acceptors (Lipinski definition) is 1. The predicted molar refractivity (Wildman–Crippen MR) is 63.1 cm³/mol. The van der Waals surface area contributed by atoms with Crippen molar-refractivity contribution in [2.45, 2.75) is 38.1 Å². The van der Waals surface area contributed by atoms with Gasteiger partial charge in [-0.15, -0.1) is 0 Å². The summed E-state index contributed by atoms with van der Waals surface area (Å²) in [4.78, 5) is 11.7. The van der Waals surface area contributed by atoms with Gasteiger partial charge in [-0.25, -0.2) is 0 Å². The zero-order valence-corrected chi connectivity index (χ0v) is 9.41. The van der Waals surface area contributed by atoms with E-state index in [1.165, 1.54) is 11.1 Å². The molecule has 2 aliphatic rings. The number of amides is 1. The molecular weight excluding hydrogens is 198 g/mol. The molecule has 1 N–H and O–H groups in total. The molecule has 3 rings (SSSR count). The first-order valence-corrected chi connectivity index (χ1v) is 6.20. The summed E-state index contributed by atoms with van der Waals surface area (Å²) in [6.45, 7) is 0. The topological polar surface area (TPSA) is 29.1 Å². The van der Waals surface area contributed by atoms with E-state index >= 15 is 0 Å². The molecule has 1 amide bonds. The third kappa shape index (κ3) is 1.97. The Morgan fingerprint density at radius 1 is 1.12 bits per heavy atom. The van der Waals surface area contributed by atoms with Crippen molar-refractivity contribution in [3.8, 4) is 0 Å². The Labute approximate surface area is 96.1 Å². The van der Waals surface area contributed by atoms with Crippen molar-refractivity contribution in [1.82, 2.24) is 5.32 Å². The molecule has 0 bridgehead atoms. The average molecular weight is 215 g/mol. The fraction of sp³-hybridized carbons (Fsp3) is 0.500. The molecule has 1 aromatic carbocycles. The van der Waals surface area contributed by atoms with E-state index in [0.717, 1.165) is 32.1 Å². The largest absolute Gasteiger partial charge is 0.353 e. The van der Waals surface area contributed by atoms with Gasteiger partial charge in [-0.1, -0.05) is 24.3 Å². The van der Waals surface area contributed by atoms with E-state index in [9.17, 15) is 4.79 Å². The van der Waals surface area contributed by atoms with Crippen molar-refractivity contribution in [3.63, 3.8) is 0 Å². The maximum absolute atomic E-state index is 11.7. The van der Waals surface area contributed by atoms with Gasteiger partial charge in [0, 0.05) is 12.0 Å². The Bertz CT molecular complexity index is 409. The zero-order chi connectivity index (χ0) is 11.0. The van der Waals surface area contributed by atoms with Crippen LogP contribution in [-0.2, 0) is 17.6 Å². The second-order valence-electron chi connectivity index (χ2n) is 4.99. The number of carbonyl (C=O) groups is 1. The molecule has 0 spiro atoms. The van der Waals surface area contributed by atoms with Crippen LogP contribution >= 0.6 is 0 Å². The number of aryl methyl sites for hydroxylation is 1. The van der Waals surface area contributed by atoms with Crippen LogP contribution in [0.15, 0.2) is 24.3 Å². The number of carbonyl (C=O) groups excluding carboxylic acids is 1. The third-order valence-corrected chi connectivity index (χ3v) is 3.64. The molecule has 1 saturated carbocycles. The molecule has 0 heterocycles. The fourth-order valence-electron chi connectivity index (χ4n) is 2.49. The van der Waals surface area contributed by atoms with Gasteiger partial charge in [0.05, 0.1) is 0 Å². The van der Waals surface area contributed by atoms with Gasteiger partial charge in [-0.3, -0.25) is 4.79 Å². The smallest absolute Gasteiger partial charge is 0.223 e. The molecule has 1 fully saturated rings. The highest BCUT2D eigenvalue weighted by Gasteiger charge is 2.31. The predicted octanol–water partition coefficient (Wildman–Crippen LogP) is 2.07. The first-order chi connectivity index (χ1) is 7.83. The Balaban J connectivity index is 1.65. The van der Waals surface area contributed by atoms with Crippen LogP contribution in [-0.4, -0.2) is 11.9 Å². The average Bonchev–Trinajstić information content (AvgIpc) is 3.12. The number of hydrogen-bond donors (Lipinski definition) is 1. The van der Waals surface area contributed by atoms with Gasteiger partial charge in [-0.05, 0) is 43.2 Å². The summed E-state index contributed by atoms with van der Waals surface area (Å²) in [6, 6.07) is 8.94. The monoisotopic (exact) mass is 215 g/mol. The van der Waals surface area contributed by atoms with Crippen molar-refractivity contribution in [2.24, 2.45) is 5.92 Å². The minimum Gasteiger partial charge on any atom is -0.353 e. The minimum atomic E-state index is 0.282. The van der Waals surface area contributed by atoms with Crippen LogP contribution < -0.4 is 5.32 Å². The molecular formula is C14H17NO. The summed E-state index contributed by atoms with van der Waals surface area (Å²) in [5.74, 6) is 0.613. The van der Waals surface area contributed by atoms with E-state index in [1.807, 2.05) is 0 Å². The van der Waals surface area contributed by atoms with Crippen molar-refractivity contribution >= 4 is 5.91 Å². The van der Waals surface area contributed by atoms with Crippen LogP contribution in [0.3, 0.4) is 0 Å². The lowest BCUT2D eigenvalue weighted by molar-refractivity contribution is -0.123. The van der Waals surface area contributed by atoms with Gasteiger partial charge in [0.2, 0.25) is 5.91 Å². The van der Waals surface area contributed by atoms with Crippen LogP contribution in [0.2, 0.25) is 0 Å². The Hall–Kier alpha value is -1.31. The maximum Gasteiger partial charge on any atom is 0.223 e. The summed E-state index contributed by atoms with van der Waals surface area (Å²) < 4.78 is 0. The molecule has 0 radical (unpaired) electrons. The lowest BCUT2D eigenvalue weighted by Gasteiger charge is -2.25. The van der Waals surface area contributed by atoms with E-state index in [4.69, 9.17) is 0 Å². The van der Waals surface area contributed by atoms with Crippen LogP contribution in [0.1, 0.15) is 30.4 Å². The molecule has 0 aromatic heterocycles. The number of rotatable bonds is 2. The van der Waals surface area contributed by atoms with Gasteiger partial charge in [0.25, 0.3) is 0 Å². The van der Waals surface area contributed by atoms with E-state index in [0.29, 0.717) is 12.0 Å². The third-order valence-electron chi connectivity index (χ3n) is 3.64. The molecule has 0 aliphatic heterocycles. The summed E-state index contributed by atoms with van der Waals surface area (Å²) >= 11 is 0. The Morgan fingerprint density at radius 2 is 1.88 bits per heavy atom. The second kappa shape index (κ2) is 3.93. The summed E-state index contributed by atoms with van der Waals surface area (Å²) in [7, 11) is 0. The van der Waals surface area contributed by atoms with E-state index in [1.54, 1.807) is 0 Å². The van der Waals surface area contributed by atoms with Crippen molar-refractivity contribution < 1.29 is 4.79 Å². The van der Waals surface area contributed by atoms with Crippen LogP contribution in [0, 0.1) is 5.92 Å². The van der Waals surface area contributed by atoms with E-state index in [-0.39, 0.29) is 5.91 Å². The van der Waals surface area contributed by atoms with Crippen molar-refractivity contribution in [1.29, 1.82) is 0 Å². The minimum absolute atomic E-state index is 0.282. The summed E-state index contributed by atoms with van der Waals surface area (Å²) in [6.07, 6.45) is 5.39. The molecule has 1 unspecified atom stereocenters. The normalized spacial score (nSPS) is 23.6. The first kappa shape index (κ1) is 9.88. The lowest BCUT2D eigenvalue weighted by atomic mass is 9.88. The van der Waals surface area contributed by atoms with E-state index < -0.39 is 0 Å². The second-order valence-corrected chi connectivity index (χ2v) is 4.99. The van der Waals surface area contributed by atoms with Crippen molar-refractivity contribution in [3.05, 3.63) is 35.4 Å². The number of benzene rings is 1. The molecule has 1 aromatic rings. The highest BCUT2D eigenvalue weighted by molar-refractivity contribution is 5.81. The molecule has 0 saturated heterocycles. The van der Waals surface area contributed by atoms with Gasteiger partial charge in [0.1, 0.15) is 0 Å². The van der Waals surface area contributed by atoms with Gasteiger partial charge < -0.3 is 5.32 Å². The quantitative estimate of drug-likeness (QED) is 0.804. The Kier molecular flexibility index (Phi) is 2.43. The van der Waals surface area contributed by atoms with Crippen LogP contribution in [0.4, 0.5) is 0 Å². The highest BCUT2D eigenvalue weighted by Crippen LogP contribution is 2.29. The summed E-state index contributed by atoms with van der Waals surface area (Å²) in [5, 5.41) is 3.18. The fourth-order valence-corrected chi connectivity index (χ4v) is 2.49. The number of fused-ring (bicyclic) bond motifs is 1. The molecule has 2 nitrogen and oxygen atoms in total. The lowest BCUT2D eigenvalue weighted by Crippen LogP contribution is -2.39. The molecule has 1 atom stereocenters. The van der Waals surface area contributed by atoms with Gasteiger partial charge in [0.15, 0.2) is 0 Å². The first-order valence-electron chi connectivity index (χ1n) is 6.20. The van der Waals surface area contributed by atoms with Gasteiger partial charge in [-0.2, -0.15) is 0 Å². The molecule has 2 aliphatic carbocycles. The molecule has 2 heteroatoms. The summed E-state index contributed by atoms with van der Waals surface area (Å²) in [5.41, 5.74) is 2.87. The number of nitrogens with one attached hydrogen (secondary N) is 1. The molecule has 16 heavy (non-hydrogen) atoms. The standard InChI is InChI=1S/C14H17NO/c16-14(11-5-6-11)15-13-8-7-10-3-1-2-4-12(10)9-13/h1-4,11,13H,5-9H2,(H,15,16). The Morgan fingerprint density at radius 3 is 2.62 bits per heavy atom. The van der Waals surface area contributed by atoms with E-state index in [2.05, 4.69) is 29.6 Å². The molecule has 84 valence electrons. The highest BCUT2D eigenvalue weighted by atomic mass is 16.2.